The van der Waals surface area contributed by atoms with Crippen LogP contribution in [0.25, 0.3) is 0 Å². The van der Waals surface area contributed by atoms with E-state index in [9.17, 15) is 0 Å². The Labute approximate surface area is 130 Å². The molecule has 0 saturated heterocycles. The van der Waals surface area contributed by atoms with Gasteiger partial charge in [-0.2, -0.15) is 6.08 Å². The molecule has 0 radical (unpaired) electrons. The maximum absolute atomic E-state index is 5.61. The standard InChI is InChI=1S/C6H3Cl3.C6H7.Zr/c7-4-2-1-3-5(8)6(4)9;1-6-4-2-3-5-6;/h1-3H;2,4H,3H2,1H3;/q;-1;. The van der Waals surface area contributed by atoms with Gasteiger partial charge in [-0.15, -0.1) is 6.42 Å². The molecule has 0 unspecified atom stereocenters. The van der Waals surface area contributed by atoms with Crippen molar-refractivity contribution in [3.05, 3.63) is 57.1 Å². The smallest absolute Gasteiger partial charge is 0.0778 e. The predicted molar refractivity (Wildman–Crippen MR) is 67.7 cm³/mol. The molecule has 1 aromatic carbocycles. The van der Waals surface area contributed by atoms with Gasteiger partial charge in [-0.05, 0) is 12.1 Å². The van der Waals surface area contributed by atoms with Crippen LogP contribution in [0.3, 0.4) is 0 Å². The Balaban J connectivity index is 0.000000283. The van der Waals surface area contributed by atoms with Gasteiger partial charge in [0.25, 0.3) is 0 Å². The number of hydrogen-bond donors (Lipinski definition) is 0. The zero-order chi connectivity index (χ0) is 11.3. The Morgan fingerprint density at radius 3 is 1.94 bits per heavy atom. The molecular weight excluding hydrogens is 342 g/mol. The molecule has 0 aromatic heterocycles. The maximum Gasteiger partial charge on any atom is 0.0778 e. The van der Waals surface area contributed by atoms with Crippen molar-refractivity contribution in [1.29, 1.82) is 0 Å². The largest absolute Gasteiger partial charge is 0.270 e. The number of halogens is 3. The summed E-state index contributed by atoms with van der Waals surface area (Å²) in [5, 5.41) is 1.40. The molecule has 4 heteroatoms. The molecule has 16 heavy (non-hydrogen) atoms. The second-order valence-corrected chi connectivity index (χ2v) is 4.19. The van der Waals surface area contributed by atoms with E-state index in [1.165, 1.54) is 5.57 Å². The summed E-state index contributed by atoms with van der Waals surface area (Å²) in [6.07, 6.45) is 8.33. The van der Waals surface area contributed by atoms with Crippen LogP contribution in [-0.2, 0) is 26.2 Å². The fourth-order valence-electron chi connectivity index (χ4n) is 0.992. The Morgan fingerprint density at radius 2 is 1.69 bits per heavy atom. The number of allylic oxidation sites excluding steroid dienone is 4. The van der Waals surface area contributed by atoms with E-state index in [0.717, 1.165) is 6.42 Å². The SMILES string of the molecule is CC1=[C-]CC=C1.Clc1cccc(Cl)c1Cl.[Zr]. The zero-order valence-corrected chi connectivity index (χ0v) is 13.5. The van der Waals surface area contributed by atoms with Crippen LogP contribution in [0.5, 0.6) is 0 Å². The van der Waals surface area contributed by atoms with Gasteiger partial charge in [0, 0.05) is 26.2 Å². The summed E-state index contributed by atoms with van der Waals surface area (Å²) in [4.78, 5) is 0. The summed E-state index contributed by atoms with van der Waals surface area (Å²) in [7, 11) is 0. The zero-order valence-electron chi connectivity index (χ0n) is 8.73. The monoisotopic (exact) mass is 349 g/mol. The summed E-state index contributed by atoms with van der Waals surface area (Å²) < 4.78 is 0. The summed E-state index contributed by atoms with van der Waals surface area (Å²) in [5.74, 6) is 0. The third kappa shape index (κ3) is 5.68. The van der Waals surface area contributed by atoms with E-state index in [4.69, 9.17) is 34.8 Å². The molecule has 84 valence electrons. The third-order valence-electron chi connectivity index (χ3n) is 1.77. The van der Waals surface area contributed by atoms with Crippen molar-refractivity contribution < 1.29 is 26.2 Å². The first-order valence-electron chi connectivity index (χ1n) is 4.44. The molecule has 0 atom stereocenters. The van der Waals surface area contributed by atoms with Crippen LogP contribution in [0.15, 0.2) is 35.9 Å². The van der Waals surface area contributed by atoms with E-state index in [2.05, 4.69) is 25.2 Å². The van der Waals surface area contributed by atoms with Crippen molar-refractivity contribution >= 4 is 34.8 Å². The van der Waals surface area contributed by atoms with Gasteiger partial charge in [-0.25, -0.2) is 11.6 Å². The van der Waals surface area contributed by atoms with Gasteiger partial charge in [-0.1, -0.05) is 47.8 Å². The van der Waals surface area contributed by atoms with Crippen LogP contribution in [0, 0.1) is 6.08 Å². The topological polar surface area (TPSA) is 0 Å². The van der Waals surface area contributed by atoms with E-state index < -0.39 is 0 Å². The average molecular weight is 352 g/mol. The molecule has 0 saturated carbocycles. The molecule has 0 spiro atoms. The summed E-state index contributed by atoms with van der Waals surface area (Å²) in [6.45, 7) is 2.06. The van der Waals surface area contributed by atoms with E-state index in [1.807, 2.05) is 0 Å². The van der Waals surface area contributed by atoms with Gasteiger partial charge in [0.05, 0.1) is 15.1 Å². The molecule has 0 nitrogen and oxygen atoms in total. The molecule has 0 bridgehead atoms. The first-order valence-corrected chi connectivity index (χ1v) is 5.58. The molecule has 1 aromatic rings. The number of hydrogen-bond acceptors (Lipinski definition) is 0. The predicted octanol–water partition coefficient (Wildman–Crippen LogP) is 5.34. The van der Waals surface area contributed by atoms with E-state index in [1.54, 1.807) is 18.2 Å². The molecule has 2 rings (SSSR count). The maximum atomic E-state index is 5.61. The van der Waals surface area contributed by atoms with Crippen molar-refractivity contribution in [3.63, 3.8) is 0 Å². The fraction of sp³-hybridized carbons (Fsp3) is 0.167. The van der Waals surface area contributed by atoms with Gasteiger partial charge in [0.2, 0.25) is 0 Å². The van der Waals surface area contributed by atoms with Crippen molar-refractivity contribution in [2.75, 3.05) is 0 Å². The van der Waals surface area contributed by atoms with Gasteiger partial charge in [0.1, 0.15) is 0 Å². The first-order chi connectivity index (χ1) is 7.11. The van der Waals surface area contributed by atoms with Crippen molar-refractivity contribution in [2.24, 2.45) is 0 Å². The Hall–Kier alpha value is 0.453. The summed E-state index contributed by atoms with van der Waals surface area (Å²) >= 11 is 16.8. The second kappa shape index (κ2) is 8.53. The Bertz CT molecular complexity index is 374. The van der Waals surface area contributed by atoms with Gasteiger partial charge in [0.15, 0.2) is 0 Å². The van der Waals surface area contributed by atoms with E-state index in [-0.39, 0.29) is 26.2 Å². The van der Waals surface area contributed by atoms with Crippen LogP contribution in [-0.4, -0.2) is 0 Å². The quantitative estimate of drug-likeness (QED) is 0.437. The molecule has 0 aliphatic heterocycles. The molecule has 0 N–H and O–H groups in total. The third-order valence-corrected chi connectivity index (χ3v) is 3.00. The first kappa shape index (κ1) is 16.5. The Morgan fingerprint density at radius 1 is 1.12 bits per heavy atom. The average Bonchev–Trinajstić information content (AvgIpc) is 2.66. The Kier molecular flexibility index (Phi) is 8.77. The normalized spacial score (nSPS) is 12.4. The fourth-order valence-corrected chi connectivity index (χ4v) is 1.52. The molecule has 0 fully saturated rings. The van der Waals surface area contributed by atoms with Crippen molar-refractivity contribution in [1.82, 2.24) is 0 Å². The van der Waals surface area contributed by atoms with Crippen LogP contribution in [0.4, 0.5) is 0 Å². The van der Waals surface area contributed by atoms with Crippen molar-refractivity contribution in [2.45, 2.75) is 13.3 Å². The summed E-state index contributed by atoms with van der Waals surface area (Å²) in [5.41, 5.74) is 1.27. The minimum atomic E-state index is 0. The van der Waals surface area contributed by atoms with Crippen LogP contribution in [0.2, 0.25) is 15.1 Å². The van der Waals surface area contributed by atoms with Gasteiger partial charge >= 0.3 is 0 Å². The van der Waals surface area contributed by atoms with Gasteiger partial charge in [-0.3, -0.25) is 6.08 Å². The van der Waals surface area contributed by atoms with E-state index >= 15 is 0 Å². The molecule has 1 aliphatic carbocycles. The molecule has 1 aliphatic rings. The van der Waals surface area contributed by atoms with Crippen LogP contribution >= 0.6 is 34.8 Å². The number of benzene rings is 1. The van der Waals surface area contributed by atoms with Crippen LogP contribution in [0.1, 0.15) is 13.3 Å². The molecular formula is C12H10Cl3Zr-. The number of rotatable bonds is 0. The van der Waals surface area contributed by atoms with Crippen LogP contribution < -0.4 is 0 Å². The van der Waals surface area contributed by atoms with E-state index in [0.29, 0.717) is 15.1 Å². The summed E-state index contributed by atoms with van der Waals surface area (Å²) in [6, 6.07) is 5.13. The minimum absolute atomic E-state index is 0. The molecule has 0 amide bonds. The minimum Gasteiger partial charge on any atom is -0.270 e. The second-order valence-electron chi connectivity index (χ2n) is 3.00. The molecule has 0 heterocycles. The van der Waals surface area contributed by atoms with Crippen molar-refractivity contribution in [3.8, 4) is 0 Å². The van der Waals surface area contributed by atoms with Gasteiger partial charge < -0.3 is 0 Å².